The van der Waals surface area contributed by atoms with E-state index in [0.29, 0.717) is 34.4 Å². The summed E-state index contributed by atoms with van der Waals surface area (Å²) in [6.45, 7) is 3.67. The Bertz CT molecular complexity index is 1640. The SMILES string of the molecule is C=CCC(O)c1ccc(OC)c(-c2ccc(O)c3c2C[C@H]2C[C@@H]4[C@@H](N(C)C)C(O)=C(C(N)=O)C(=O)[C@]4(O)C(O)=C2C3=O)c1. The number of aromatic hydroxyl groups is 1. The van der Waals surface area contributed by atoms with Crippen molar-refractivity contribution < 1.29 is 44.7 Å². The van der Waals surface area contributed by atoms with Crippen molar-refractivity contribution in [1.29, 1.82) is 0 Å². The fraction of sp³-hybridized carbons (Fsp3) is 0.344. The number of phenolic OH excluding ortho intramolecular Hbond substituents is 1. The largest absolute Gasteiger partial charge is 0.510 e. The van der Waals surface area contributed by atoms with Crippen LogP contribution < -0.4 is 10.5 Å². The molecule has 0 bridgehead atoms. The van der Waals surface area contributed by atoms with Gasteiger partial charge in [0, 0.05) is 17.1 Å². The predicted octanol–water partition coefficient (Wildman–Crippen LogP) is 2.41. The highest BCUT2D eigenvalue weighted by Gasteiger charge is 2.63. The lowest BCUT2D eigenvalue weighted by Gasteiger charge is -2.50. The van der Waals surface area contributed by atoms with Crippen LogP contribution in [-0.4, -0.2) is 80.8 Å². The van der Waals surface area contributed by atoms with Crippen LogP contribution in [0.3, 0.4) is 0 Å². The van der Waals surface area contributed by atoms with Gasteiger partial charge in [0.2, 0.25) is 5.78 Å². The number of nitrogens with zero attached hydrogens (tertiary/aromatic N) is 1. The molecule has 7 N–H and O–H groups in total. The minimum absolute atomic E-state index is 0.0317. The first-order valence-corrected chi connectivity index (χ1v) is 13.8. The van der Waals surface area contributed by atoms with Crippen LogP contribution in [0.25, 0.3) is 11.1 Å². The molecule has 11 heteroatoms. The highest BCUT2D eigenvalue weighted by atomic mass is 16.5. The van der Waals surface area contributed by atoms with Crippen molar-refractivity contribution in [1.82, 2.24) is 4.90 Å². The average molecular weight is 591 g/mol. The van der Waals surface area contributed by atoms with Crippen LogP contribution in [0.4, 0.5) is 0 Å². The second-order valence-electron chi connectivity index (χ2n) is 11.4. The zero-order valence-corrected chi connectivity index (χ0v) is 24.0. The van der Waals surface area contributed by atoms with Crippen LogP contribution in [0.15, 0.2) is 65.7 Å². The van der Waals surface area contributed by atoms with Gasteiger partial charge in [-0.25, -0.2) is 0 Å². The van der Waals surface area contributed by atoms with E-state index in [9.17, 15) is 39.9 Å². The molecule has 226 valence electrons. The van der Waals surface area contributed by atoms with E-state index in [2.05, 4.69) is 6.58 Å². The molecule has 2 aromatic rings. The van der Waals surface area contributed by atoms with Gasteiger partial charge in [-0.15, -0.1) is 6.58 Å². The Labute approximate surface area is 247 Å². The van der Waals surface area contributed by atoms with Gasteiger partial charge in [-0.05, 0) is 74.2 Å². The number of amides is 1. The first-order valence-electron chi connectivity index (χ1n) is 13.8. The lowest BCUT2D eigenvalue weighted by molar-refractivity contribution is -0.148. The summed E-state index contributed by atoms with van der Waals surface area (Å²) in [5, 5.41) is 55.7. The summed E-state index contributed by atoms with van der Waals surface area (Å²) in [5.41, 5.74) is 3.60. The average Bonchev–Trinajstić information content (AvgIpc) is 2.94. The quantitative estimate of drug-likeness (QED) is 0.206. The van der Waals surface area contributed by atoms with E-state index in [1.807, 2.05) is 0 Å². The number of benzene rings is 2. The molecular formula is C32H34N2O9. The standard InChI is InChI=1S/C32H34N2O9/c1-5-6-20(35)14-7-10-22(43-4)17(11-14)16-8-9-21(36)24-18(16)12-15-13-19-26(34(2)3)28(38)25(31(33)41)30(40)32(19,42)29(39)23(15)27(24)37/h5,7-11,15,19-20,26,35-36,38-39,42H,1,6,12-13H2,2-4H3,(H2,33,41)/t15-,19+,20?,26+,32+/m0/s1. The van der Waals surface area contributed by atoms with Crippen molar-refractivity contribution >= 4 is 17.5 Å². The number of nitrogens with two attached hydrogens (primary N) is 1. The molecule has 5 atom stereocenters. The topological polar surface area (TPSA) is 191 Å². The maximum Gasteiger partial charge on any atom is 0.255 e. The first kappa shape index (κ1) is 30.0. The Kier molecular flexibility index (Phi) is 7.45. The van der Waals surface area contributed by atoms with E-state index in [1.54, 1.807) is 44.4 Å². The third-order valence-corrected chi connectivity index (χ3v) is 8.89. The van der Waals surface area contributed by atoms with Gasteiger partial charge in [-0.3, -0.25) is 19.3 Å². The Hall–Kier alpha value is -4.45. The second-order valence-corrected chi connectivity index (χ2v) is 11.4. The van der Waals surface area contributed by atoms with Gasteiger partial charge in [-0.1, -0.05) is 18.2 Å². The van der Waals surface area contributed by atoms with Crippen molar-refractivity contribution in [3.05, 3.63) is 82.3 Å². The van der Waals surface area contributed by atoms with Gasteiger partial charge >= 0.3 is 0 Å². The zero-order valence-electron chi connectivity index (χ0n) is 24.0. The second kappa shape index (κ2) is 10.7. The Morgan fingerprint density at radius 3 is 2.49 bits per heavy atom. The molecule has 0 radical (unpaired) electrons. The van der Waals surface area contributed by atoms with E-state index < -0.39 is 64.1 Å². The zero-order chi connectivity index (χ0) is 31.5. The van der Waals surface area contributed by atoms with Crippen LogP contribution in [0, 0.1) is 11.8 Å². The van der Waals surface area contributed by atoms with Crippen LogP contribution >= 0.6 is 0 Å². The number of carbonyl (C=O) groups excluding carboxylic acids is 3. The third-order valence-electron chi connectivity index (χ3n) is 8.89. The van der Waals surface area contributed by atoms with Gasteiger partial charge in [0.15, 0.2) is 11.4 Å². The molecule has 3 aliphatic rings. The molecular weight excluding hydrogens is 556 g/mol. The van der Waals surface area contributed by atoms with Crippen LogP contribution in [0.5, 0.6) is 11.5 Å². The Morgan fingerprint density at radius 2 is 1.88 bits per heavy atom. The summed E-state index contributed by atoms with van der Waals surface area (Å²) < 4.78 is 5.60. The predicted molar refractivity (Wildman–Crippen MR) is 155 cm³/mol. The number of rotatable bonds is 7. The van der Waals surface area contributed by atoms with Gasteiger partial charge in [0.05, 0.1) is 24.8 Å². The van der Waals surface area contributed by atoms with E-state index in [0.717, 1.165) is 0 Å². The van der Waals surface area contributed by atoms with E-state index >= 15 is 0 Å². The molecule has 3 aliphatic carbocycles. The van der Waals surface area contributed by atoms with Crippen molar-refractivity contribution in [2.24, 2.45) is 17.6 Å². The summed E-state index contributed by atoms with van der Waals surface area (Å²) in [6, 6.07) is 7.03. The Balaban J connectivity index is 1.72. The fourth-order valence-electron chi connectivity index (χ4n) is 6.94. The number of hydrogen-bond acceptors (Lipinski definition) is 10. The van der Waals surface area contributed by atoms with Crippen molar-refractivity contribution in [3.63, 3.8) is 0 Å². The van der Waals surface area contributed by atoms with Crippen molar-refractivity contribution in [3.8, 4) is 22.6 Å². The summed E-state index contributed by atoms with van der Waals surface area (Å²) in [5.74, 6) is -6.69. The van der Waals surface area contributed by atoms with Gasteiger partial charge in [0.25, 0.3) is 5.91 Å². The summed E-state index contributed by atoms with van der Waals surface area (Å²) in [4.78, 5) is 41.2. The number of aliphatic hydroxyl groups is 4. The third kappa shape index (κ3) is 4.34. The molecule has 0 aliphatic heterocycles. The summed E-state index contributed by atoms with van der Waals surface area (Å²) in [6.07, 6.45) is 1.15. The van der Waals surface area contributed by atoms with Crippen LogP contribution in [-0.2, 0) is 16.0 Å². The molecule has 0 saturated carbocycles. The number of Topliss-reactive ketones (excluding diaryl/α,β-unsaturated/α-hetero) is 2. The Morgan fingerprint density at radius 1 is 1.19 bits per heavy atom. The number of phenols is 1. The summed E-state index contributed by atoms with van der Waals surface area (Å²) in [7, 11) is 4.63. The number of aliphatic hydroxyl groups excluding tert-OH is 3. The monoisotopic (exact) mass is 590 g/mol. The maximum absolute atomic E-state index is 14.1. The fourth-order valence-corrected chi connectivity index (χ4v) is 6.94. The number of allylic oxidation sites excluding steroid dienone is 1. The molecule has 1 unspecified atom stereocenters. The smallest absolute Gasteiger partial charge is 0.255 e. The summed E-state index contributed by atoms with van der Waals surface area (Å²) >= 11 is 0. The number of ether oxygens (including phenoxy) is 1. The molecule has 0 saturated heterocycles. The maximum atomic E-state index is 14.1. The van der Waals surface area contributed by atoms with Crippen molar-refractivity contribution in [2.45, 2.75) is 37.0 Å². The molecule has 11 nitrogen and oxygen atoms in total. The van der Waals surface area contributed by atoms with Gasteiger partial charge < -0.3 is 36.0 Å². The van der Waals surface area contributed by atoms with Gasteiger partial charge in [-0.2, -0.15) is 0 Å². The molecule has 2 aromatic carbocycles. The van der Waals surface area contributed by atoms with Crippen molar-refractivity contribution in [2.75, 3.05) is 21.2 Å². The number of methoxy groups -OCH3 is 1. The molecule has 0 heterocycles. The number of fused-ring (bicyclic) bond motifs is 3. The number of carbonyl (C=O) groups is 3. The molecule has 0 fully saturated rings. The van der Waals surface area contributed by atoms with Crippen LogP contribution in [0.2, 0.25) is 0 Å². The lowest BCUT2D eigenvalue weighted by Crippen LogP contribution is -2.63. The lowest BCUT2D eigenvalue weighted by atomic mass is 9.58. The molecule has 43 heavy (non-hydrogen) atoms. The highest BCUT2D eigenvalue weighted by Crippen LogP contribution is 2.53. The van der Waals surface area contributed by atoms with E-state index in [-0.39, 0.29) is 29.7 Å². The molecule has 0 spiro atoms. The number of ketones is 2. The minimum atomic E-state index is -2.71. The minimum Gasteiger partial charge on any atom is -0.510 e. The van der Waals surface area contributed by atoms with E-state index in [4.69, 9.17) is 10.5 Å². The molecule has 1 amide bonds. The molecule has 0 aromatic heterocycles. The number of hydrogen-bond donors (Lipinski definition) is 6. The first-order chi connectivity index (χ1) is 20.3. The van der Waals surface area contributed by atoms with Gasteiger partial charge in [0.1, 0.15) is 28.6 Å². The normalized spacial score (nSPS) is 25.7. The van der Waals surface area contributed by atoms with Crippen LogP contribution in [0.1, 0.15) is 40.4 Å². The highest BCUT2D eigenvalue weighted by molar-refractivity contribution is 6.25. The number of likely N-dealkylation sites (N-methyl/N-ethyl adjacent to an activating group) is 1. The number of primary amides is 1. The van der Waals surface area contributed by atoms with E-state index in [1.165, 1.54) is 18.1 Å². The molecule has 5 rings (SSSR count).